The van der Waals surface area contributed by atoms with Crippen molar-refractivity contribution in [2.45, 2.75) is 17.9 Å². The summed E-state index contributed by atoms with van der Waals surface area (Å²) in [6.07, 6.45) is 1.82. The Bertz CT molecular complexity index is 678. The van der Waals surface area contributed by atoms with E-state index >= 15 is 0 Å². The molecule has 2 heterocycles. The van der Waals surface area contributed by atoms with Crippen LogP contribution < -0.4 is 5.32 Å². The van der Waals surface area contributed by atoms with Crippen LogP contribution in [0, 0.1) is 0 Å². The fraction of sp³-hybridized carbons (Fsp3) is 0.200. The van der Waals surface area contributed by atoms with Gasteiger partial charge in [-0.25, -0.2) is 9.97 Å². The van der Waals surface area contributed by atoms with Crippen LogP contribution in [0.1, 0.15) is 12.5 Å². The van der Waals surface area contributed by atoms with Crippen molar-refractivity contribution >= 4 is 28.7 Å². The lowest BCUT2D eigenvalue weighted by molar-refractivity contribution is 0.489. The van der Waals surface area contributed by atoms with Gasteiger partial charge in [-0.05, 0) is 36.8 Å². The maximum atomic E-state index is 5.69. The maximum Gasteiger partial charge on any atom is 0.257 e. The molecule has 0 atom stereocenters. The van der Waals surface area contributed by atoms with Gasteiger partial charge < -0.3 is 9.73 Å². The quantitative estimate of drug-likeness (QED) is 0.719. The first-order valence-corrected chi connectivity index (χ1v) is 7.51. The molecular formula is C15H15N3OS. The Morgan fingerprint density at radius 3 is 3.00 bits per heavy atom. The molecule has 0 aliphatic heterocycles. The Morgan fingerprint density at radius 1 is 1.25 bits per heavy atom. The number of rotatable bonds is 5. The molecule has 102 valence electrons. The summed E-state index contributed by atoms with van der Waals surface area (Å²) in [6.45, 7) is 2.93. The smallest absolute Gasteiger partial charge is 0.257 e. The van der Waals surface area contributed by atoms with Crippen LogP contribution in [0.15, 0.2) is 52.2 Å². The molecule has 0 aliphatic rings. The van der Waals surface area contributed by atoms with Crippen molar-refractivity contribution in [1.82, 2.24) is 9.97 Å². The van der Waals surface area contributed by atoms with Gasteiger partial charge >= 0.3 is 0 Å². The van der Waals surface area contributed by atoms with Crippen molar-refractivity contribution in [2.75, 3.05) is 11.9 Å². The van der Waals surface area contributed by atoms with Crippen molar-refractivity contribution in [2.24, 2.45) is 0 Å². The predicted octanol–water partition coefficient (Wildman–Crippen LogP) is 3.95. The number of hydrogen-bond donors (Lipinski definition) is 1. The Morgan fingerprint density at radius 2 is 2.15 bits per heavy atom. The van der Waals surface area contributed by atoms with E-state index < -0.39 is 0 Å². The maximum absolute atomic E-state index is 5.69. The van der Waals surface area contributed by atoms with Gasteiger partial charge in [-0.3, -0.25) is 0 Å². The molecule has 0 amide bonds. The average Bonchev–Trinajstić information content (AvgIpc) is 2.89. The highest BCUT2D eigenvalue weighted by Crippen LogP contribution is 2.26. The van der Waals surface area contributed by atoms with Gasteiger partial charge in [-0.15, -0.1) is 0 Å². The molecule has 1 aromatic carbocycles. The largest absolute Gasteiger partial charge is 0.431 e. The molecule has 0 saturated carbocycles. The minimum Gasteiger partial charge on any atom is -0.431 e. The van der Waals surface area contributed by atoms with Gasteiger partial charge in [0.05, 0.1) is 0 Å². The predicted molar refractivity (Wildman–Crippen MR) is 82.0 cm³/mol. The highest BCUT2D eigenvalue weighted by Gasteiger charge is 2.06. The molecular weight excluding hydrogens is 270 g/mol. The summed E-state index contributed by atoms with van der Waals surface area (Å²) in [5, 5.41) is 3.91. The first-order chi connectivity index (χ1) is 9.85. The third-order valence-electron chi connectivity index (χ3n) is 2.82. The van der Waals surface area contributed by atoms with Crippen molar-refractivity contribution in [3.63, 3.8) is 0 Å². The number of thioether (sulfide) groups is 1. The molecule has 4 nitrogen and oxygen atoms in total. The van der Waals surface area contributed by atoms with Gasteiger partial charge in [0, 0.05) is 18.5 Å². The number of hydrogen-bond acceptors (Lipinski definition) is 5. The monoisotopic (exact) mass is 285 g/mol. The van der Waals surface area contributed by atoms with Crippen molar-refractivity contribution < 1.29 is 4.42 Å². The number of nitrogens with one attached hydrogen (secondary N) is 1. The lowest BCUT2D eigenvalue weighted by Gasteiger charge is -2.04. The van der Waals surface area contributed by atoms with Crippen LogP contribution in [0.5, 0.6) is 0 Å². The van der Waals surface area contributed by atoms with Gasteiger partial charge in [0.1, 0.15) is 11.3 Å². The highest BCUT2D eigenvalue weighted by atomic mass is 32.2. The van der Waals surface area contributed by atoms with Crippen molar-refractivity contribution in [3.05, 3.63) is 48.2 Å². The SMILES string of the molecule is CCNc1cc(CSc2nc3ccccc3o2)ccn1. The minimum absolute atomic E-state index is 0.702. The molecule has 5 heteroatoms. The number of benzene rings is 1. The van der Waals surface area contributed by atoms with E-state index in [2.05, 4.69) is 28.3 Å². The van der Waals surface area contributed by atoms with E-state index in [4.69, 9.17) is 4.42 Å². The fourth-order valence-corrected chi connectivity index (χ4v) is 2.68. The van der Waals surface area contributed by atoms with E-state index in [-0.39, 0.29) is 0 Å². The van der Waals surface area contributed by atoms with E-state index in [1.807, 2.05) is 36.5 Å². The molecule has 0 bridgehead atoms. The summed E-state index contributed by atoms with van der Waals surface area (Å²) in [5.41, 5.74) is 2.93. The van der Waals surface area contributed by atoms with Crippen LogP contribution in [0.3, 0.4) is 0 Å². The Labute approximate surface area is 121 Å². The number of nitrogens with zero attached hydrogens (tertiary/aromatic N) is 2. The third-order valence-corrected chi connectivity index (χ3v) is 3.72. The Hall–Kier alpha value is -2.01. The van der Waals surface area contributed by atoms with Gasteiger partial charge in [-0.1, -0.05) is 23.9 Å². The lowest BCUT2D eigenvalue weighted by Crippen LogP contribution is -1.99. The van der Waals surface area contributed by atoms with E-state index in [1.54, 1.807) is 11.8 Å². The van der Waals surface area contributed by atoms with Crippen LogP contribution in [-0.2, 0) is 5.75 Å². The minimum atomic E-state index is 0.702. The van der Waals surface area contributed by atoms with Crippen molar-refractivity contribution in [1.29, 1.82) is 0 Å². The van der Waals surface area contributed by atoms with Gasteiger partial charge in [-0.2, -0.15) is 0 Å². The number of para-hydroxylation sites is 2. The van der Waals surface area contributed by atoms with Crippen LogP contribution in [0.4, 0.5) is 5.82 Å². The summed E-state index contributed by atoms with van der Waals surface area (Å²) in [6, 6.07) is 11.9. The summed E-state index contributed by atoms with van der Waals surface area (Å²) < 4.78 is 5.69. The van der Waals surface area contributed by atoms with Crippen LogP contribution in [0.25, 0.3) is 11.1 Å². The molecule has 3 aromatic rings. The fourth-order valence-electron chi connectivity index (χ4n) is 1.90. The van der Waals surface area contributed by atoms with E-state index in [0.717, 1.165) is 29.2 Å². The first-order valence-electron chi connectivity index (χ1n) is 6.52. The second kappa shape index (κ2) is 5.96. The zero-order valence-electron chi connectivity index (χ0n) is 11.2. The molecule has 3 rings (SSSR count). The molecule has 0 unspecified atom stereocenters. The van der Waals surface area contributed by atoms with E-state index in [1.165, 1.54) is 5.56 Å². The number of anilines is 1. The Balaban J connectivity index is 1.71. The number of pyridine rings is 1. The average molecular weight is 285 g/mol. The summed E-state index contributed by atoms with van der Waals surface area (Å²) in [5.74, 6) is 1.72. The normalized spacial score (nSPS) is 10.8. The van der Waals surface area contributed by atoms with E-state index in [9.17, 15) is 0 Å². The molecule has 1 N–H and O–H groups in total. The zero-order valence-corrected chi connectivity index (χ0v) is 12.0. The van der Waals surface area contributed by atoms with Gasteiger partial charge in [0.15, 0.2) is 5.58 Å². The van der Waals surface area contributed by atoms with Crippen LogP contribution in [0.2, 0.25) is 0 Å². The standard InChI is InChI=1S/C15H15N3OS/c1-2-16-14-9-11(7-8-17-14)10-20-15-18-12-5-3-4-6-13(12)19-15/h3-9H,2,10H2,1H3,(H,16,17). The molecule has 2 aromatic heterocycles. The topological polar surface area (TPSA) is 51.0 Å². The number of oxazole rings is 1. The summed E-state index contributed by atoms with van der Waals surface area (Å²) in [4.78, 5) is 8.71. The van der Waals surface area contributed by atoms with Crippen LogP contribution in [-0.4, -0.2) is 16.5 Å². The lowest BCUT2D eigenvalue weighted by atomic mass is 10.3. The van der Waals surface area contributed by atoms with Crippen LogP contribution >= 0.6 is 11.8 Å². The second-order valence-electron chi connectivity index (χ2n) is 4.32. The molecule has 20 heavy (non-hydrogen) atoms. The third kappa shape index (κ3) is 2.93. The first kappa shape index (κ1) is 13.0. The zero-order chi connectivity index (χ0) is 13.8. The molecule has 0 saturated heterocycles. The second-order valence-corrected chi connectivity index (χ2v) is 5.24. The molecule has 0 aliphatic carbocycles. The van der Waals surface area contributed by atoms with Crippen molar-refractivity contribution in [3.8, 4) is 0 Å². The summed E-state index contributed by atoms with van der Waals surface area (Å²) in [7, 11) is 0. The number of fused-ring (bicyclic) bond motifs is 1. The highest BCUT2D eigenvalue weighted by molar-refractivity contribution is 7.98. The van der Waals surface area contributed by atoms with Gasteiger partial charge in [0.2, 0.25) is 0 Å². The summed E-state index contributed by atoms with van der Waals surface area (Å²) >= 11 is 1.59. The number of aromatic nitrogens is 2. The molecule has 0 fully saturated rings. The Kier molecular flexibility index (Phi) is 3.87. The molecule has 0 spiro atoms. The van der Waals surface area contributed by atoms with Gasteiger partial charge in [0.25, 0.3) is 5.22 Å². The van der Waals surface area contributed by atoms with E-state index in [0.29, 0.717) is 5.22 Å². The molecule has 0 radical (unpaired) electrons.